The van der Waals surface area contributed by atoms with E-state index in [1.165, 1.54) is 6.20 Å². The molecule has 0 atom stereocenters. The Bertz CT molecular complexity index is 458. The molecule has 0 spiro atoms. The predicted molar refractivity (Wildman–Crippen MR) is 63.7 cm³/mol. The highest BCUT2D eigenvalue weighted by molar-refractivity contribution is 5.96. The molecule has 1 aromatic heterocycles. The molecule has 1 fully saturated rings. The molecule has 1 aliphatic rings. The van der Waals surface area contributed by atoms with E-state index >= 15 is 0 Å². The minimum absolute atomic E-state index is 0.0791. The Morgan fingerprint density at radius 3 is 2.67 bits per heavy atom. The molecule has 0 aliphatic carbocycles. The molecule has 0 bridgehead atoms. The first kappa shape index (κ1) is 12.7. The number of hydrogen-bond donors (Lipinski definition) is 2. The van der Waals surface area contributed by atoms with Gasteiger partial charge < -0.3 is 20.9 Å². The number of methoxy groups -OCH3 is 1. The van der Waals surface area contributed by atoms with Gasteiger partial charge in [0.15, 0.2) is 5.82 Å². The number of ether oxygens (including phenoxy) is 2. The molecule has 7 nitrogen and oxygen atoms in total. The first-order valence-corrected chi connectivity index (χ1v) is 5.65. The van der Waals surface area contributed by atoms with E-state index < -0.39 is 11.5 Å². The molecule has 0 radical (unpaired) electrons. The fraction of sp³-hybridized carbons (Fsp3) is 0.545. The molecule has 2 heterocycles. The van der Waals surface area contributed by atoms with Gasteiger partial charge in [-0.2, -0.15) is 0 Å². The van der Waals surface area contributed by atoms with Crippen LogP contribution in [0.25, 0.3) is 0 Å². The Morgan fingerprint density at radius 2 is 2.17 bits per heavy atom. The third-order valence-electron chi connectivity index (χ3n) is 3.18. The topological polar surface area (TPSA) is 113 Å². The zero-order valence-corrected chi connectivity index (χ0v) is 10.2. The minimum Gasteiger partial charge on any atom is -0.383 e. The van der Waals surface area contributed by atoms with Crippen molar-refractivity contribution in [1.29, 1.82) is 0 Å². The van der Waals surface area contributed by atoms with E-state index in [0.29, 0.717) is 31.9 Å². The average molecular weight is 252 g/mol. The van der Waals surface area contributed by atoms with Gasteiger partial charge in [-0.15, -0.1) is 0 Å². The quantitative estimate of drug-likeness (QED) is 0.770. The van der Waals surface area contributed by atoms with E-state index in [1.807, 2.05) is 0 Å². The summed E-state index contributed by atoms with van der Waals surface area (Å²) in [6.45, 7) is 1.16. The first-order valence-electron chi connectivity index (χ1n) is 5.65. The van der Waals surface area contributed by atoms with Crippen LogP contribution >= 0.6 is 0 Å². The van der Waals surface area contributed by atoms with Crippen molar-refractivity contribution in [1.82, 2.24) is 9.97 Å². The van der Waals surface area contributed by atoms with Crippen LogP contribution in [0.2, 0.25) is 0 Å². The van der Waals surface area contributed by atoms with Gasteiger partial charge in [0.05, 0.1) is 5.56 Å². The van der Waals surface area contributed by atoms with Gasteiger partial charge in [0.25, 0.3) is 5.91 Å². The fourth-order valence-electron chi connectivity index (χ4n) is 2.02. The van der Waals surface area contributed by atoms with E-state index in [2.05, 4.69) is 9.97 Å². The van der Waals surface area contributed by atoms with Gasteiger partial charge in [-0.3, -0.25) is 4.79 Å². The summed E-state index contributed by atoms with van der Waals surface area (Å²) in [4.78, 5) is 19.4. The molecule has 1 aliphatic heterocycles. The highest BCUT2D eigenvalue weighted by Gasteiger charge is 2.37. The lowest BCUT2D eigenvalue weighted by atomic mass is 9.93. The molecular weight excluding hydrogens is 236 g/mol. The number of rotatable bonds is 3. The van der Waals surface area contributed by atoms with Crippen molar-refractivity contribution >= 4 is 11.7 Å². The van der Waals surface area contributed by atoms with Crippen molar-refractivity contribution in [3.8, 4) is 0 Å². The number of primary amides is 1. The van der Waals surface area contributed by atoms with E-state index in [9.17, 15) is 4.79 Å². The van der Waals surface area contributed by atoms with Crippen LogP contribution in [-0.4, -0.2) is 36.2 Å². The number of aromatic nitrogens is 2. The summed E-state index contributed by atoms with van der Waals surface area (Å²) < 4.78 is 10.8. The van der Waals surface area contributed by atoms with Gasteiger partial charge in [-0.05, 0) is 0 Å². The maximum absolute atomic E-state index is 11.1. The summed E-state index contributed by atoms with van der Waals surface area (Å²) in [5.74, 6) is -0.0938. The number of nitrogens with zero attached hydrogens (tertiary/aromatic N) is 2. The van der Waals surface area contributed by atoms with Crippen LogP contribution in [0.1, 0.15) is 29.0 Å². The van der Waals surface area contributed by atoms with Crippen molar-refractivity contribution in [2.45, 2.75) is 18.4 Å². The van der Waals surface area contributed by atoms with Crippen LogP contribution < -0.4 is 11.5 Å². The van der Waals surface area contributed by atoms with Crippen molar-refractivity contribution in [3.63, 3.8) is 0 Å². The Kier molecular flexibility index (Phi) is 3.44. The number of anilines is 1. The summed E-state index contributed by atoms with van der Waals surface area (Å²) >= 11 is 0. The number of carbonyl (C=O) groups excluding carboxylic acids is 1. The molecule has 0 aromatic carbocycles. The normalized spacial score (nSPS) is 18.5. The SMILES string of the molecule is COC1(c2ncc(C(N)=O)c(N)n2)CCOCC1. The monoisotopic (exact) mass is 252 g/mol. The van der Waals surface area contributed by atoms with Crippen LogP contribution in [0.4, 0.5) is 5.82 Å². The van der Waals surface area contributed by atoms with Gasteiger partial charge in [0.2, 0.25) is 0 Å². The molecule has 4 N–H and O–H groups in total. The number of amides is 1. The molecule has 0 saturated carbocycles. The van der Waals surface area contributed by atoms with E-state index in [4.69, 9.17) is 20.9 Å². The van der Waals surface area contributed by atoms with Gasteiger partial charge >= 0.3 is 0 Å². The third kappa shape index (κ3) is 2.14. The Labute approximate surface area is 104 Å². The molecule has 18 heavy (non-hydrogen) atoms. The van der Waals surface area contributed by atoms with E-state index in [-0.39, 0.29) is 11.4 Å². The van der Waals surface area contributed by atoms with Crippen LogP contribution in [0.3, 0.4) is 0 Å². The number of nitrogens with two attached hydrogens (primary N) is 2. The minimum atomic E-state index is -0.641. The zero-order chi connectivity index (χ0) is 13.2. The van der Waals surface area contributed by atoms with Crippen molar-refractivity contribution < 1.29 is 14.3 Å². The second-order valence-electron chi connectivity index (χ2n) is 4.17. The Morgan fingerprint density at radius 1 is 1.50 bits per heavy atom. The van der Waals surface area contributed by atoms with Crippen molar-refractivity contribution in [2.24, 2.45) is 5.73 Å². The summed E-state index contributed by atoms with van der Waals surface area (Å²) in [5.41, 5.74) is 10.4. The smallest absolute Gasteiger partial charge is 0.254 e. The Hall–Kier alpha value is -1.73. The molecule has 0 unspecified atom stereocenters. The lowest BCUT2D eigenvalue weighted by Gasteiger charge is -2.34. The molecule has 98 valence electrons. The summed E-state index contributed by atoms with van der Waals surface area (Å²) in [6.07, 6.45) is 2.65. The van der Waals surface area contributed by atoms with Gasteiger partial charge in [0.1, 0.15) is 11.4 Å². The lowest BCUT2D eigenvalue weighted by Crippen LogP contribution is -2.37. The van der Waals surface area contributed by atoms with Crippen molar-refractivity contribution in [3.05, 3.63) is 17.6 Å². The van der Waals surface area contributed by atoms with E-state index in [1.54, 1.807) is 7.11 Å². The molecule has 2 rings (SSSR count). The largest absolute Gasteiger partial charge is 0.383 e. The molecular formula is C11H16N4O3. The van der Waals surface area contributed by atoms with E-state index in [0.717, 1.165) is 0 Å². The summed E-state index contributed by atoms with van der Waals surface area (Å²) in [6, 6.07) is 0. The van der Waals surface area contributed by atoms with Crippen LogP contribution in [-0.2, 0) is 15.1 Å². The Balaban J connectivity index is 2.37. The fourth-order valence-corrected chi connectivity index (χ4v) is 2.02. The predicted octanol–water partition coefficient (Wildman–Crippen LogP) is -0.190. The first-order chi connectivity index (χ1) is 8.59. The van der Waals surface area contributed by atoms with Crippen LogP contribution in [0, 0.1) is 0 Å². The highest BCUT2D eigenvalue weighted by atomic mass is 16.5. The van der Waals surface area contributed by atoms with Gasteiger partial charge in [-0.1, -0.05) is 0 Å². The standard InChI is InChI=1S/C11H16N4O3/c1-17-11(2-4-18-5-3-11)10-14-6-7(9(13)16)8(12)15-10/h6H,2-5H2,1H3,(H2,13,16)(H2,12,14,15). The van der Waals surface area contributed by atoms with Gasteiger partial charge in [0, 0.05) is 39.4 Å². The van der Waals surface area contributed by atoms with Gasteiger partial charge in [-0.25, -0.2) is 9.97 Å². The number of nitrogen functional groups attached to an aromatic ring is 1. The van der Waals surface area contributed by atoms with Crippen LogP contribution in [0.15, 0.2) is 6.20 Å². The van der Waals surface area contributed by atoms with Crippen LogP contribution in [0.5, 0.6) is 0 Å². The summed E-state index contributed by atoms with van der Waals surface area (Å²) in [7, 11) is 1.60. The molecule has 7 heteroatoms. The molecule has 1 aromatic rings. The average Bonchev–Trinajstić information content (AvgIpc) is 2.39. The number of hydrogen-bond acceptors (Lipinski definition) is 6. The molecule has 1 amide bonds. The second-order valence-corrected chi connectivity index (χ2v) is 4.17. The van der Waals surface area contributed by atoms with Crippen molar-refractivity contribution in [2.75, 3.05) is 26.1 Å². The molecule has 1 saturated heterocycles. The second kappa shape index (κ2) is 4.87. The third-order valence-corrected chi connectivity index (χ3v) is 3.18. The maximum atomic E-state index is 11.1. The highest BCUT2D eigenvalue weighted by Crippen LogP contribution is 2.33. The summed E-state index contributed by atoms with van der Waals surface area (Å²) in [5, 5.41) is 0. The maximum Gasteiger partial charge on any atom is 0.254 e. The lowest BCUT2D eigenvalue weighted by molar-refractivity contribution is -0.0999. The number of carbonyl (C=O) groups is 1. The zero-order valence-electron chi connectivity index (χ0n) is 10.2.